The van der Waals surface area contributed by atoms with Gasteiger partial charge < -0.3 is 0 Å². The fraction of sp³-hybridized carbons (Fsp3) is 0.0893. The smallest absolute Gasteiger partial charge is 0.207 e. The molecule has 2 heterocycles. The number of aldehydes is 1. The summed E-state index contributed by atoms with van der Waals surface area (Å²) in [6.45, 7) is 0. The average Bonchev–Trinajstić information content (AvgIpc) is 3.34. The van der Waals surface area contributed by atoms with Crippen LogP contribution in [0.1, 0.15) is 67.3 Å². The molecular weight excluding hydrogens is 749 g/mol. The van der Waals surface area contributed by atoms with Crippen molar-refractivity contribution < 1.29 is 14.4 Å². The first kappa shape index (κ1) is 40.2. The lowest BCUT2D eigenvalue weighted by atomic mass is 9.84. The summed E-state index contributed by atoms with van der Waals surface area (Å²) in [5.41, 5.74) is 14.3. The standard InChI is InChI=1S/C28H21NO.C21H17NO.C7H6O/c30-28-23(18-20-10-4-1-5-11-20)16-17-24-25(21-12-6-2-7-13-21)19-26(29-27(24)28)22-14-8-3-9-15-22;23-20-13-7-12-17-18(15-8-3-1-4-9-15)14-19(22-21(17)20)16-10-5-2-6-11-16;8-6-7-4-2-1-3-5-7/h1-15,18-19H,16-17H2;1-6,8-11,14H,7,12-13H2;1-6H/b23-18+;;. The number of hydrogen-bond donors (Lipinski definition) is 0. The molecule has 2 aliphatic carbocycles. The molecule has 0 bridgehead atoms. The predicted octanol–water partition coefficient (Wildman–Crippen LogP) is 13.1. The molecule has 2 aliphatic rings. The van der Waals surface area contributed by atoms with Crippen LogP contribution in [0.5, 0.6) is 0 Å². The highest BCUT2D eigenvalue weighted by molar-refractivity contribution is 6.13. The molecule has 0 saturated heterocycles. The molecule has 8 aromatic rings. The van der Waals surface area contributed by atoms with Crippen molar-refractivity contribution in [3.05, 3.63) is 233 Å². The molecule has 296 valence electrons. The van der Waals surface area contributed by atoms with Crippen molar-refractivity contribution in [2.75, 3.05) is 0 Å². The normalized spacial score (nSPS) is 13.4. The van der Waals surface area contributed by atoms with Crippen LogP contribution in [0, 0.1) is 0 Å². The number of pyridine rings is 2. The topological polar surface area (TPSA) is 77.0 Å². The van der Waals surface area contributed by atoms with Crippen LogP contribution in [-0.4, -0.2) is 27.8 Å². The molecule has 0 N–H and O–H groups in total. The molecule has 0 atom stereocenters. The minimum absolute atomic E-state index is 0.0371. The van der Waals surface area contributed by atoms with Gasteiger partial charge in [0.15, 0.2) is 5.78 Å². The van der Waals surface area contributed by atoms with Crippen molar-refractivity contribution in [3.8, 4) is 44.8 Å². The van der Waals surface area contributed by atoms with Crippen LogP contribution in [0.25, 0.3) is 50.8 Å². The molecule has 6 aromatic carbocycles. The number of allylic oxidation sites excluding steroid dienone is 1. The van der Waals surface area contributed by atoms with E-state index in [1.54, 1.807) is 12.1 Å². The molecule has 0 radical (unpaired) electrons. The van der Waals surface area contributed by atoms with E-state index in [-0.39, 0.29) is 11.6 Å². The first-order valence-electron chi connectivity index (χ1n) is 20.7. The molecule has 61 heavy (non-hydrogen) atoms. The fourth-order valence-corrected chi connectivity index (χ4v) is 7.82. The van der Waals surface area contributed by atoms with Crippen molar-refractivity contribution >= 4 is 23.9 Å². The molecule has 5 heteroatoms. The third-order valence-electron chi connectivity index (χ3n) is 10.9. The Kier molecular flexibility index (Phi) is 12.8. The van der Waals surface area contributed by atoms with Gasteiger partial charge in [0.25, 0.3) is 0 Å². The van der Waals surface area contributed by atoms with Gasteiger partial charge in [-0.3, -0.25) is 14.4 Å². The van der Waals surface area contributed by atoms with Crippen molar-refractivity contribution in [2.45, 2.75) is 32.1 Å². The van der Waals surface area contributed by atoms with Gasteiger partial charge in [-0.25, -0.2) is 9.97 Å². The maximum Gasteiger partial charge on any atom is 0.207 e. The third-order valence-corrected chi connectivity index (χ3v) is 10.9. The molecule has 5 nitrogen and oxygen atoms in total. The largest absolute Gasteiger partial charge is 0.298 e. The lowest BCUT2D eigenvalue weighted by molar-refractivity contribution is 0.0966. The SMILES string of the molecule is O=C1/C(=C/c2ccccc2)CCc2c(-c3ccccc3)cc(-c3ccccc3)nc21.O=C1CCCc2c(-c3ccccc3)cc(-c3ccccc3)nc21.O=Cc1ccccc1. The minimum Gasteiger partial charge on any atom is -0.298 e. The van der Waals surface area contributed by atoms with E-state index >= 15 is 0 Å². The maximum absolute atomic E-state index is 13.5. The highest BCUT2D eigenvalue weighted by Gasteiger charge is 2.27. The zero-order valence-electron chi connectivity index (χ0n) is 33.8. The summed E-state index contributed by atoms with van der Waals surface area (Å²) in [6, 6.07) is 64.1. The van der Waals surface area contributed by atoms with E-state index in [2.05, 4.69) is 36.4 Å². The second-order valence-electron chi connectivity index (χ2n) is 14.9. The Hall–Kier alpha value is -7.63. The Morgan fingerprint density at radius 2 is 0.820 bits per heavy atom. The van der Waals surface area contributed by atoms with Crippen molar-refractivity contribution in [2.24, 2.45) is 0 Å². The van der Waals surface area contributed by atoms with Crippen LogP contribution in [0.2, 0.25) is 0 Å². The quantitative estimate of drug-likeness (QED) is 0.124. The predicted molar refractivity (Wildman–Crippen MR) is 246 cm³/mol. The maximum atomic E-state index is 13.5. The van der Waals surface area contributed by atoms with E-state index < -0.39 is 0 Å². The van der Waals surface area contributed by atoms with Gasteiger partial charge in [0.05, 0.1) is 11.4 Å². The Morgan fingerprint density at radius 1 is 0.410 bits per heavy atom. The number of nitrogens with zero attached hydrogens (tertiary/aromatic N) is 2. The summed E-state index contributed by atoms with van der Waals surface area (Å²) in [4.78, 5) is 45.4. The fourth-order valence-electron chi connectivity index (χ4n) is 7.82. The van der Waals surface area contributed by atoms with Crippen LogP contribution in [0.15, 0.2) is 200 Å². The number of Topliss-reactive ketones (excluding diaryl/α,β-unsaturated/α-hetero) is 2. The number of ketones is 2. The van der Waals surface area contributed by atoms with E-state index in [1.165, 1.54) is 0 Å². The molecule has 0 amide bonds. The average molecular weight is 793 g/mol. The Bertz CT molecular complexity index is 2790. The molecule has 0 aliphatic heterocycles. The first-order valence-corrected chi connectivity index (χ1v) is 20.7. The summed E-state index contributed by atoms with van der Waals surface area (Å²) in [5, 5.41) is 0. The Morgan fingerprint density at radius 3 is 1.28 bits per heavy atom. The molecule has 0 fully saturated rings. The molecule has 10 rings (SSSR count). The third kappa shape index (κ3) is 9.65. The summed E-state index contributed by atoms with van der Waals surface area (Å²) in [6.07, 6.45) is 6.82. The molecule has 2 aromatic heterocycles. The Labute approximate surface area is 357 Å². The number of hydrogen-bond acceptors (Lipinski definition) is 5. The minimum atomic E-state index is 0.0371. The van der Waals surface area contributed by atoms with Crippen molar-refractivity contribution in [1.82, 2.24) is 9.97 Å². The number of benzene rings is 6. The van der Waals surface area contributed by atoms with Crippen LogP contribution < -0.4 is 0 Å². The van der Waals surface area contributed by atoms with E-state index in [0.717, 1.165) is 105 Å². The van der Waals surface area contributed by atoms with Gasteiger partial charge >= 0.3 is 0 Å². The highest BCUT2D eigenvalue weighted by Crippen LogP contribution is 2.37. The van der Waals surface area contributed by atoms with Crippen LogP contribution in [0.3, 0.4) is 0 Å². The van der Waals surface area contributed by atoms with E-state index in [4.69, 9.17) is 9.97 Å². The van der Waals surface area contributed by atoms with Gasteiger partial charge in [0.2, 0.25) is 5.78 Å². The molecule has 0 unspecified atom stereocenters. The zero-order valence-corrected chi connectivity index (χ0v) is 33.8. The molecule has 0 saturated carbocycles. The Balaban J connectivity index is 0.000000146. The second kappa shape index (κ2) is 19.4. The summed E-state index contributed by atoms with van der Waals surface area (Å²) in [7, 11) is 0. The summed E-state index contributed by atoms with van der Waals surface area (Å²) >= 11 is 0. The van der Waals surface area contributed by atoms with Gasteiger partial charge in [-0.1, -0.05) is 182 Å². The zero-order chi connectivity index (χ0) is 41.8. The summed E-state index contributed by atoms with van der Waals surface area (Å²) in [5.74, 6) is 0.205. The molecule has 0 spiro atoms. The van der Waals surface area contributed by atoms with Crippen molar-refractivity contribution in [3.63, 3.8) is 0 Å². The van der Waals surface area contributed by atoms with E-state index in [9.17, 15) is 14.4 Å². The van der Waals surface area contributed by atoms with E-state index in [1.807, 2.05) is 152 Å². The van der Waals surface area contributed by atoms with Crippen molar-refractivity contribution in [1.29, 1.82) is 0 Å². The highest BCUT2D eigenvalue weighted by atomic mass is 16.1. The lowest BCUT2D eigenvalue weighted by Crippen LogP contribution is -2.18. The van der Waals surface area contributed by atoms with Crippen LogP contribution in [0.4, 0.5) is 0 Å². The summed E-state index contributed by atoms with van der Waals surface area (Å²) < 4.78 is 0. The van der Waals surface area contributed by atoms with Gasteiger partial charge in [0, 0.05) is 28.7 Å². The second-order valence-corrected chi connectivity index (χ2v) is 14.9. The number of carbonyl (C=O) groups excluding carboxylic acids is 3. The van der Waals surface area contributed by atoms with Gasteiger partial charge in [-0.15, -0.1) is 0 Å². The van der Waals surface area contributed by atoms with Gasteiger partial charge in [-0.2, -0.15) is 0 Å². The number of aromatic nitrogens is 2. The number of rotatable bonds is 6. The first-order chi connectivity index (χ1) is 30.1. The lowest BCUT2D eigenvalue weighted by Gasteiger charge is -2.21. The van der Waals surface area contributed by atoms with E-state index in [0.29, 0.717) is 17.8 Å². The van der Waals surface area contributed by atoms with Crippen LogP contribution in [-0.2, 0) is 12.8 Å². The monoisotopic (exact) mass is 792 g/mol. The molecular formula is C56H44N2O3. The van der Waals surface area contributed by atoms with Gasteiger partial charge in [0.1, 0.15) is 17.7 Å². The van der Waals surface area contributed by atoms with Gasteiger partial charge in [-0.05, 0) is 82.8 Å². The number of fused-ring (bicyclic) bond motifs is 2. The van der Waals surface area contributed by atoms with Crippen LogP contribution >= 0.6 is 0 Å². The number of carbonyl (C=O) groups is 3.